The second-order valence-electron chi connectivity index (χ2n) is 9.86. The number of carbonyl (C=O) groups is 1. The van der Waals surface area contributed by atoms with Crippen LogP contribution in [0.15, 0.2) is 65.7 Å². The molecule has 0 atom stereocenters. The molecule has 1 aromatic heterocycles. The van der Waals surface area contributed by atoms with Gasteiger partial charge in [0, 0.05) is 30.2 Å². The second-order valence-corrected chi connectivity index (χ2v) is 11.8. The molecule has 0 bridgehead atoms. The maximum Gasteiger partial charge on any atom is 0.253 e. The van der Waals surface area contributed by atoms with E-state index in [4.69, 9.17) is 0 Å². The lowest BCUT2D eigenvalue weighted by Crippen LogP contribution is -2.53. The summed E-state index contributed by atoms with van der Waals surface area (Å²) in [4.78, 5) is 19.2. The number of fused-ring (bicyclic) bond motifs is 1. The second kappa shape index (κ2) is 8.54. The predicted octanol–water partition coefficient (Wildman–Crippen LogP) is 4.22. The number of rotatable bonds is 4. The number of hydrogen-bond acceptors (Lipinski definition) is 5. The largest absolute Gasteiger partial charge is 0.389 e. The summed E-state index contributed by atoms with van der Waals surface area (Å²) >= 11 is 0. The van der Waals surface area contributed by atoms with Crippen molar-refractivity contribution in [3.05, 3.63) is 71.9 Å². The molecule has 4 rings (SSSR count). The number of hydrogen-bond donors (Lipinski definition) is 1. The van der Waals surface area contributed by atoms with Crippen LogP contribution >= 0.6 is 0 Å². The molecule has 2 heterocycles. The van der Waals surface area contributed by atoms with Gasteiger partial charge >= 0.3 is 0 Å². The number of piperidine rings is 1. The molecule has 1 fully saturated rings. The molecule has 7 heteroatoms. The summed E-state index contributed by atoms with van der Waals surface area (Å²) in [6, 6.07) is 15.5. The molecule has 0 radical (unpaired) electrons. The highest BCUT2D eigenvalue weighted by molar-refractivity contribution is 7.90. The molecular weight excluding hydrogens is 436 g/mol. The molecule has 1 N–H and O–H groups in total. The van der Waals surface area contributed by atoms with Crippen molar-refractivity contribution >= 4 is 26.6 Å². The lowest BCUT2D eigenvalue weighted by Gasteiger charge is -2.46. The monoisotopic (exact) mass is 466 g/mol. The van der Waals surface area contributed by atoms with Crippen LogP contribution in [0.5, 0.6) is 0 Å². The maximum atomic E-state index is 13.1. The number of aliphatic hydroxyl groups is 1. The van der Waals surface area contributed by atoms with E-state index < -0.39 is 15.4 Å². The summed E-state index contributed by atoms with van der Waals surface area (Å²) < 4.78 is 26.2. The normalized spacial score (nSPS) is 16.7. The molecule has 2 aromatic carbocycles. The number of para-hydroxylation sites is 1. The maximum absolute atomic E-state index is 13.1. The van der Waals surface area contributed by atoms with Gasteiger partial charge in [-0.1, -0.05) is 51.1 Å². The van der Waals surface area contributed by atoms with E-state index in [0.29, 0.717) is 42.6 Å². The van der Waals surface area contributed by atoms with Crippen LogP contribution in [0.2, 0.25) is 0 Å². The minimum absolute atomic E-state index is 0.0985. The highest BCUT2D eigenvalue weighted by Crippen LogP contribution is 2.38. The van der Waals surface area contributed by atoms with E-state index in [1.54, 1.807) is 53.6 Å². The van der Waals surface area contributed by atoms with Gasteiger partial charge in [-0.05, 0) is 48.1 Å². The quantitative estimate of drug-likeness (QED) is 0.622. The number of benzene rings is 2. The van der Waals surface area contributed by atoms with E-state index in [-0.39, 0.29) is 22.0 Å². The number of likely N-dealkylation sites (tertiary alicyclic amines) is 1. The third-order valence-electron chi connectivity index (χ3n) is 6.76. The topological polar surface area (TPSA) is 87.6 Å². The first kappa shape index (κ1) is 23.4. The van der Waals surface area contributed by atoms with Crippen LogP contribution in [0.4, 0.5) is 0 Å². The van der Waals surface area contributed by atoms with Gasteiger partial charge < -0.3 is 10.0 Å². The van der Waals surface area contributed by atoms with E-state index in [0.717, 1.165) is 5.39 Å². The number of sulfone groups is 1. The predicted molar refractivity (Wildman–Crippen MR) is 129 cm³/mol. The van der Waals surface area contributed by atoms with E-state index >= 15 is 0 Å². The number of pyridine rings is 1. The molecule has 0 spiro atoms. The Hall–Kier alpha value is -2.77. The van der Waals surface area contributed by atoms with Gasteiger partial charge in [-0.3, -0.25) is 9.78 Å². The minimum Gasteiger partial charge on any atom is -0.389 e. The van der Waals surface area contributed by atoms with Crippen LogP contribution in [-0.4, -0.2) is 48.0 Å². The van der Waals surface area contributed by atoms with Gasteiger partial charge in [0.15, 0.2) is 9.84 Å². The fourth-order valence-corrected chi connectivity index (χ4v) is 5.92. The van der Waals surface area contributed by atoms with E-state index in [9.17, 15) is 18.3 Å². The third-order valence-corrected chi connectivity index (χ3v) is 8.48. The van der Waals surface area contributed by atoms with Crippen molar-refractivity contribution in [2.45, 2.75) is 49.9 Å². The first-order chi connectivity index (χ1) is 15.5. The zero-order chi connectivity index (χ0) is 23.9. The van der Waals surface area contributed by atoms with Crippen molar-refractivity contribution < 1.29 is 18.3 Å². The first-order valence-corrected chi connectivity index (χ1v) is 12.8. The average Bonchev–Trinajstić information content (AvgIpc) is 2.78. The highest BCUT2D eigenvalue weighted by Gasteiger charge is 2.43. The zero-order valence-electron chi connectivity index (χ0n) is 19.3. The molecule has 3 aromatic rings. The van der Waals surface area contributed by atoms with E-state index in [2.05, 4.69) is 4.98 Å². The first-order valence-electron chi connectivity index (χ1n) is 11.2. The summed E-state index contributed by atoms with van der Waals surface area (Å²) in [6.45, 7) is 7.05. The van der Waals surface area contributed by atoms with Crippen LogP contribution in [0.3, 0.4) is 0 Å². The Morgan fingerprint density at radius 2 is 1.67 bits per heavy atom. The van der Waals surface area contributed by atoms with Gasteiger partial charge in [0.1, 0.15) is 0 Å². The number of nitrogens with zero attached hydrogens (tertiary/aromatic N) is 2. The molecule has 174 valence electrons. The van der Waals surface area contributed by atoms with Gasteiger partial charge in [0.05, 0.1) is 21.8 Å². The van der Waals surface area contributed by atoms with Crippen LogP contribution in [-0.2, 0) is 15.6 Å². The van der Waals surface area contributed by atoms with E-state index in [1.807, 2.05) is 32.9 Å². The average molecular weight is 467 g/mol. The molecular formula is C26H30N2O4S. The van der Waals surface area contributed by atoms with Gasteiger partial charge in [0.25, 0.3) is 5.91 Å². The van der Waals surface area contributed by atoms with Crippen molar-refractivity contribution in [3.63, 3.8) is 0 Å². The molecule has 0 unspecified atom stereocenters. The van der Waals surface area contributed by atoms with Crippen LogP contribution in [0.1, 0.15) is 49.5 Å². The Bertz CT molecular complexity index is 1260. The molecule has 0 aliphatic carbocycles. The van der Waals surface area contributed by atoms with Crippen molar-refractivity contribution in [1.82, 2.24) is 9.88 Å². The molecule has 0 saturated carbocycles. The van der Waals surface area contributed by atoms with Crippen molar-refractivity contribution in [3.8, 4) is 0 Å². The highest BCUT2D eigenvalue weighted by atomic mass is 32.2. The minimum atomic E-state index is -3.61. The Balaban J connectivity index is 1.47. The van der Waals surface area contributed by atoms with Gasteiger partial charge in [-0.25, -0.2) is 8.42 Å². The van der Waals surface area contributed by atoms with Crippen molar-refractivity contribution in [2.75, 3.05) is 13.1 Å². The number of amides is 1. The summed E-state index contributed by atoms with van der Waals surface area (Å²) in [5, 5.41) is 11.7. The van der Waals surface area contributed by atoms with Crippen molar-refractivity contribution in [2.24, 2.45) is 5.41 Å². The summed E-state index contributed by atoms with van der Waals surface area (Å²) in [7, 11) is -3.61. The van der Waals surface area contributed by atoms with Gasteiger partial charge in [0.2, 0.25) is 0 Å². The number of carbonyl (C=O) groups excluding carboxylic acids is 1. The Kier molecular flexibility index (Phi) is 6.05. The molecule has 1 aliphatic heterocycles. The zero-order valence-corrected chi connectivity index (χ0v) is 20.1. The fraction of sp³-hybridized carbons (Fsp3) is 0.385. The smallest absolute Gasteiger partial charge is 0.253 e. The summed E-state index contributed by atoms with van der Waals surface area (Å²) in [5.74, 6) is -0.266. The number of aromatic nitrogens is 1. The third kappa shape index (κ3) is 4.66. The van der Waals surface area contributed by atoms with Gasteiger partial charge in [-0.15, -0.1) is 0 Å². The Labute approximate surface area is 195 Å². The molecule has 1 aliphatic rings. The van der Waals surface area contributed by atoms with Gasteiger partial charge in [-0.2, -0.15) is 0 Å². The fourth-order valence-electron chi connectivity index (χ4n) is 4.38. The lowest BCUT2D eigenvalue weighted by molar-refractivity contribution is -0.0940. The SMILES string of the molecule is CC(C)(C)C1(O)CCN(C(=O)c2ccc(CS(=O)(=O)c3cccc4cccnc34)cc2)CC1. The van der Waals surface area contributed by atoms with Crippen LogP contribution in [0.25, 0.3) is 10.9 Å². The summed E-state index contributed by atoms with van der Waals surface area (Å²) in [5.41, 5.74) is 0.574. The van der Waals surface area contributed by atoms with Crippen LogP contribution < -0.4 is 0 Å². The molecule has 1 amide bonds. The standard InChI is InChI=1S/C26H30N2O4S/c1-25(2,3)26(30)13-16-28(17-14-26)24(29)21-11-9-19(10-12-21)18-33(31,32)22-8-4-6-20-7-5-15-27-23(20)22/h4-12,15,30H,13-14,16-18H2,1-3H3. The Morgan fingerprint density at radius 3 is 2.30 bits per heavy atom. The summed E-state index contributed by atoms with van der Waals surface area (Å²) in [6.07, 6.45) is 2.67. The van der Waals surface area contributed by atoms with Crippen LogP contribution in [0, 0.1) is 5.41 Å². The molecule has 6 nitrogen and oxygen atoms in total. The Morgan fingerprint density at radius 1 is 1.03 bits per heavy atom. The lowest BCUT2D eigenvalue weighted by atomic mass is 9.71. The molecule has 1 saturated heterocycles. The van der Waals surface area contributed by atoms with Crippen molar-refractivity contribution in [1.29, 1.82) is 0 Å². The van der Waals surface area contributed by atoms with E-state index in [1.165, 1.54) is 0 Å². The molecule has 33 heavy (non-hydrogen) atoms.